The van der Waals surface area contributed by atoms with Gasteiger partial charge in [0.25, 0.3) is 0 Å². The molecule has 0 heterocycles. The van der Waals surface area contributed by atoms with Crippen LogP contribution in [0.5, 0.6) is 5.75 Å². The quantitative estimate of drug-likeness (QED) is 0.834. The lowest BCUT2D eigenvalue weighted by molar-refractivity contribution is 0.134. The second-order valence-corrected chi connectivity index (χ2v) is 6.01. The summed E-state index contributed by atoms with van der Waals surface area (Å²) in [5.74, 6) is 0.893. The van der Waals surface area contributed by atoms with E-state index in [0.29, 0.717) is 13.2 Å². The zero-order chi connectivity index (χ0) is 17.6. The molecule has 0 spiro atoms. The largest absolute Gasteiger partial charge is 0.496 e. The summed E-state index contributed by atoms with van der Waals surface area (Å²) in [6, 6.07) is 13.5. The van der Waals surface area contributed by atoms with Crippen molar-refractivity contribution in [1.29, 1.82) is 0 Å². The van der Waals surface area contributed by atoms with E-state index in [1.807, 2.05) is 43.3 Å². The topological polar surface area (TPSA) is 59.6 Å². The van der Waals surface area contributed by atoms with E-state index in [9.17, 15) is 4.79 Å². The molecular formula is C20H24N2O3. The van der Waals surface area contributed by atoms with Crippen LogP contribution >= 0.6 is 0 Å². The highest BCUT2D eigenvalue weighted by atomic mass is 16.5. The van der Waals surface area contributed by atoms with Crippen molar-refractivity contribution in [3.63, 3.8) is 0 Å². The van der Waals surface area contributed by atoms with Gasteiger partial charge in [-0.1, -0.05) is 30.3 Å². The van der Waals surface area contributed by atoms with Crippen molar-refractivity contribution in [2.24, 2.45) is 0 Å². The molecule has 1 aliphatic rings. The predicted octanol–water partition coefficient (Wildman–Crippen LogP) is 4.04. The lowest BCUT2D eigenvalue weighted by atomic mass is 10.1. The Morgan fingerprint density at radius 1 is 1.20 bits per heavy atom. The second-order valence-electron chi connectivity index (χ2n) is 6.01. The van der Waals surface area contributed by atoms with Crippen LogP contribution in [0.1, 0.15) is 36.1 Å². The first-order valence-electron chi connectivity index (χ1n) is 8.62. The molecule has 25 heavy (non-hydrogen) atoms. The maximum absolute atomic E-state index is 12.5. The normalized spacial score (nSPS) is 15.5. The molecule has 0 aromatic heterocycles. The fourth-order valence-electron chi connectivity index (χ4n) is 3.26. The van der Waals surface area contributed by atoms with Crippen LogP contribution < -0.4 is 15.4 Å². The van der Waals surface area contributed by atoms with E-state index < -0.39 is 0 Å². The van der Waals surface area contributed by atoms with Gasteiger partial charge in [-0.05, 0) is 43.0 Å². The number of hydrogen-bond acceptors (Lipinski definition) is 3. The SMILES string of the molecule is CCOCc1ccccc1NC(=O)N[C@H]1CCc2c(OC)cccc21. The predicted molar refractivity (Wildman–Crippen MR) is 98.0 cm³/mol. The van der Waals surface area contributed by atoms with Crippen LogP contribution in [0.15, 0.2) is 42.5 Å². The summed E-state index contributed by atoms with van der Waals surface area (Å²) in [6.45, 7) is 3.08. The molecular weight excluding hydrogens is 316 g/mol. The van der Waals surface area contributed by atoms with Crippen molar-refractivity contribution in [2.45, 2.75) is 32.4 Å². The molecule has 2 aromatic rings. The molecule has 132 valence electrons. The van der Waals surface area contributed by atoms with E-state index in [0.717, 1.165) is 35.4 Å². The number of ether oxygens (including phenoxy) is 2. The highest BCUT2D eigenvalue weighted by molar-refractivity contribution is 5.90. The average Bonchev–Trinajstić information content (AvgIpc) is 3.04. The van der Waals surface area contributed by atoms with E-state index in [2.05, 4.69) is 16.7 Å². The zero-order valence-electron chi connectivity index (χ0n) is 14.7. The number of carbonyl (C=O) groups is 1. The van der Waals surface area contributed by atoms with E-state index in [-0.39, 0.29) is 12.1 Å². The van der Waals surface area contributed by atoms with Gasteiger partial charge in [0.15, 0.2) is 0 Å². The third-order valence-electron chi connectivity index (χ3n) is 4.48. The Labute approximate surface area is 148 Å². The monoisotopic (exact) mass is 340 g/mol. The van der Waals surface area contributed by atoms with Crippen molar-refractivity contribution in [2.75, 3.05) is 19.0 Å². The standard InChI is InChI=1S/C20H24N2O3/c1-3-25-13-14-7-4-5-9-17(14)21-20(23)22-18-12-11-16-15(18)8-6-10-19(16)24-2/h4-10,18H,3,11-13H2,1-2H3,(H2,21,22,23)/t18-/m0/s1. The van der Waals surface area contributed by atoms with Crippen LogP contribution in [0.3, 0.4) is 0 Å². The number of carbonyl (C=O) groups excluding carboxylic acids is 1. The lowest BCUT2D eigenvalue weighted by Crippen LogP contribution is -2.31. The molecule has 2 N–H and O–H groups in total. The number of hydrogen-bond donors (Lipinski definition) is 2. The van der Waals surface area contributed by atoms with Gasteiger partial charge in [-0.25, -0.2) is 4.79 Å². The maximum Gasteiger partial charge on any atom is 0.319 e. The Morgan fingerprint density at radius 3 is 2.84 bits per heavy atom. The summed E-state index contributed by atoms with van der Waals surface area (Å²) in [5, 5.41) is 6.02. The number of anilines is 1. The smallest absolute Gasteiger partial charge is 0.319 e. The van der Waals surface area contributed by atoms with Gasteiger partial charge >= 0.3 is 6.03 Å². The molecule has 0 aliphatic heterocycles. The molecule has 5 nitrogen and oxygen atoms in total. The van der Waals surface area contributed by atoms with Gasteiger partial charge in [-0.3, -0.25) is 0 Å². The number of fused-ring (bicyclic) bond motifs is 1. The fraction of sp³-hybridized carbons (Fsp3) is 0.350. The van der Waals surface area contributed by atoms with Crippen molar-refractivity contribution < 1.29 is 14.3 Å². The van der Waals surface area contributed by atoms with Crippen LogP contribution in [0.4, 0.5) is 10.5 Å². The molecule has 0 bridgehead atoms. The first-order valence-corrected chi connectivity index (χ1v) is 8.62. The average molecular weight is 340 g/mol. The first-order chi connectivity index (χ1) is 12.2. The number of urea groups is 1. The van der Waals surface area contributed by atoms with Gasteiger partial charge in [0, 0.05) is 17.9 Å². The van der Waals surface area contributed by atoms with Gasteiger partial charge < -0.3 is 20.1 Å². The number of nitrogens with one attached hydrogen (secondary N) is 2. The Hall–Kier alpha value is -2.53. The molecule has 1 aliphatic carbocycles. The molecule has 0 saturated carbocycles. The molecule has 2 aromatic carbocycles. The summed E-state index contributed by atoms with van der Waals surface area (Å²) in [4.78, 5) is 12.5. The van der Waals surface area contributed by atoms with Crippen molar-refractivity contribution in [3.05, 3.63) is 59.2 Å². The number of methoxy groups -OCH3 is 1. The Balaban J connectivity index is 1.67. The summed E-state index contributed by atoms with van der Waals surface area (Å²) >= 11 is 0. The Bertz CT molecular complexity index is 745. The molecule has 0 saturated heterocycles. The molecule has 5 heteroatoms. The van der Waals surface area contributed by atoms with Gasteiger partial charge in [-0.2, -0.15) is 0 Å². The number of rotatable bonds is 6. The van der Waals surface area contributed by atoms with E-state index in [1.165, 1.54) is 5.56 Å². The van der Waals surface area contributed by atoms with E-state index in [1.54, 1.807) is 7.11 Å². The molecule has 1 atom stereocenters. The van der Waals surface area contributed by atoms with Gasteiger partial charge in [0.2, 0.25) is 0 Å². The van der Waals surface area contributed by atoms with Crippen molar-refractivity contribution in [1.82, 2.24) is 5.32 Å². The zero-order valence-corrected chi connectivity index (χ0v) is 14.7. The van der Waals surface area contributed by atoms with Crippen molar-refractivity contribution in [3.8, 4) is 5.75 Å². The van der Waals surface area contributed by atoms with E-state index >= 15 is 0 Å². The number of benzene rings is 2. The first kappa shape index (κ1) is 17.3. The van der Waals surface area contributed by atoms with Gasteiger partial charge in [0.1, 0.15) is 5.75 Å². The second kappa shape index (κ2) is 8.03. The minimum atomic E-state index is -0.204. The summed E-state index contributed by atoms with van der Waals surface area (Å²) in [7, 11) is 1.68. The van der Waals surface area contributed by atoms with Crippen LogP contribution in [0, 0.1) is 0 Å². The summed E-state index contributed by atoms with van der Waals surface area (Å²) < 4.78 is 10.9. The minimum Gasteiger partial charge on any atom is -0.496 e. The van der Waals surface area contributed by atoms with Crippen LogP contribution in [0.2, 0.25) is 0 Å². The highest BCUT2D eigenvalue weighted by Crippen LogP contribution is 2.36. The van der Waals surface area contributed by atoms with Crippen LogP contribution in [0.25, 0.3) is 0 Å². The third kappa shape index (κ3) is 3.94. The fourth-order valence-corrected chi connectivity index (χ4v) is 3.26. The molecule has 0 fully saturated rings. The maximum atomic E-state index is 12.5. The Kier molecular flexibility index (Phi) is 5.56. The minimum absolute atomic E-state index is 0.00385. The van der Waals surface area contributed by atoms with Gasteiger partial charge in [-0.15, -0.1) is 0 Å². The summed E-state index contributed by atoms with van der Waals surface area (Å²) in [6.07, 6.45) is 1.79. The third-order valence-corrected chi connectivity index (χ3v) is 4.48. The van der Waals surface area contributed by atoms with Crippen LogP contribution in [-0.4, -0.2) is 19.7 Å². The van der Waals surface area contributed by atoms with Crippen LogP contribution in [-0.2, 0) is 17.8 Å². The molecule has 2 amide bonds. The lowest BCUT2D eigenvalue weighted by Gasteiger charge is -2.17. The number of amides is 2. The Morgan fingerprint density at radius 2 is 2.04 bits per heavy atom. The van der Waals surface area contributed by atoms with Gasteiger partial charge in [0.05, 0.1) is 19.8 Å². The summed E-state index contributed by atoms with van der Waals surface area (Å²) in [5.41, 5.74) is 4.06. The highest BCUT2D eigenvalue weighted by Gasteiger charge is 2.26. The molecule has 0 radical (unpaired) electrons. The van der Waals surface area contributed by atoms with Crippen molar-refractivity contribution >= 4 is 11.7 Å². The number of para-hydroxylation sites is 1. The molecule has 0 unspecified atom stereocenters. The van der Waals surface area contributed by atoms with E-state index in [4.69, 9.17) is 9.47 Å². The molecule has 3 rings (SSSR count).